The maximum atomic E-state index is 13.9. The molecule has 0 radical (unpaired) electrons. The van der Waals surface area contributed by atoms with Gasteiger partial charge in [0.05, 0.1) is 17.9 Å². The molecule has 1 aromatic rings. The number of hydrogen-bond donors (Lipinski definition) is 2. The molecule has 1 heterocycles. The van der Waals surface area contributed by atoms with E-state index < -0.39 is 34.5 Å². The molecule has 4 fully saturated rings. The topological polar surface area (TPSA) is 108 Å². The third-order valence-corrected chi connectivity index (χ3v) is 9.97. The number of anilines is 1. The molecule has 192 valence electrons. The second-order valence-corrected chi connectivity index (χ2v) is 11.5. The summed E-state index contributed by atoms with van der Waals surface area (Å²) in [6, 6.07) is 4.08. The highest BCUT2D eigenvalue weighted by molar-refractivity contribution is 6.01. The molecule has 0 aromatic heterocycles. The van der Waals surface area contributed by atoms with Crippen LogP contribution in [0.15, 0.2) is 42.0 Å². The predicted molar refractivity (Wildman–Crippen MR) is 128 cm³/mol. The predicted octanol–water partition coefficient (Wildman–Crippen LogP) is 3.36. The number of benzene rings is 1. The van der Waals surface area contributed by atoms with Crippen LogP contribution >= 0.6 is 0 Å². The highest BCUT2D eigenvalue weighted by atomic mass is 19.1. The number of halogens is 1. The number of Topliss-reactive ketones (excluding diaryl/α,β-unsaturated/α-hetero) is 1. The lowest BCUT2D eigenvalue weighted by Crippen LogP contribution is -2.63. The minimum atomic E-state index is -1.24. The number of nitrogen functional groups attached to an aromatic ring is 1. The van der Waals surface area contributed by atoms with Crippen molar-refractivity contribution in [3.8, 4) is 5.75 Å². The molecule has 1 saturated heterocycles. The van der Waals surface area contributed by atoms with Gasteiger partial charge in [0.1, 0.15) is 25.0 Å². The second kappa shape index (κ2) is 7.97. The number of hydrogen-bond acceptors (Lipinski definition) is 7. The summed E-state index contributed by atoms with van der Waals surface area (Å²) in [4.78, 5) is 25.9. The lowest BCUT2D eigenvalue weighted by Gasteiger charge is -2.59. The van der Waals surface area contributed by atoms with Crippen molar-refractivity contribution in [1.82, 2.24) is 0 Å². The van der Waals surface area contributed by atoms with E-state index in [2.05, 4.69) is 6.92 Å². The Balaban J connectivity index is 1.31. The van der Waals surface area contributed by atoms with Crippen LogP contribution < -0.4 is 10.5 Å². The number of ether oxygens (including phenoxy) is 3. The van der Waals surface area contributed by atoms with Gasteiger partial charge < -0.3 is 25.1 Å². The molecule has 6 rings (SSSR count). The molecular weight excluding hydrogens is 465 g/mol. The summed E-state index contributed by atoms with van der Waals surface area (Å²) >= 11 is 0. The van der Waals surface area contributed by atoms with Gasteiger partial charge >= 0.3 is 0 Å². The Morgan fingerprint density at radius 2 is 2.14 bits per heavy atom. The van der Waals surface area contributed by atoms with E-state index in [0.29, 0.717) is 12.8 Å². The van der Waals surface area contributed by atoms with Crippen LogP contribution in [0.5, 0.6) is 5.75 Å². The van der Waals surface area contributed by atoms with Crippen molar-refractivity contribution in [2.45, 2.75) is 57.3 Å². The van der Waals surface area contributed by atoms with E-state index in [1.54, 1.807) is 12.2 Å². The Bertz CT molecular complexity index is 1200. The van der Waals surface area contributed by atoms with E-state index in [-0.39, 0.29) is 54.2 Å². The zero-order valence-corrected chi connectivity index (χ0v) is 20.5. The molecule has 36 heavy (non-hydrogen) atoms. The van der Waals surface area contributed by atoms with Crippen molar-refractivity contribution in [2.75, 3.05) is 19.1 Å². The summed E-state index contributed by atoms with van der Waals surface area (Å²) in [5, 5.41) is 11.6. The zero-order valence-electron chi connectivity index (χ0n) is 20.5. The Morgan fingerprint density at radius 1 is 1.33 bits per heavy atom. The SMILES string of the molecule is CC12C=CC(=O)C=C1CCC1C2C(O)CC2(C)C1CC1OCOC12C(=O)COc1ccc(N)c(F)c1. The summed E-state index contributed by atoms with van der Waals surface area (Å²) in [5.41, 5.74) is 4.34. The summed E-state index contributed by atoms with van der Waals surface area (Å²) in [7, 11) is 0. The van der Waals surface area contributed by atoms with Gasteiger partial charge in [0.15, 0.2) is 11.4 Å². The number of fused-ring (bicyclic) bond motifs is 7. The number of carbonyl (C=O) groups is 2. The standard InChI is InChI=1S/C28H32FNO6/c1-26-8-7-16(31)9-15(26)3-5-18-19-11-24-28(36-14-35-24,27(19,2)12-22(32)25(18)26)23(33)13-34-17-4-6-21(30)20(29)10-17/h4,6-10,18-19,22,24-25,32H,3,5,11-14,30H2,1-2H3. The van der Waals surface area contributed by atoms with Crippen LogP contribution in [0, 0.1) is 34.4 Å². The van der Waals surface area contributed by atoms with Crippen LogP contribution in [-0.2, 0) is 19.1 Å². The molecule has 5 aliphatic rings. The first-order chi connectivity index (χ1) is 17.1. The molecule has 8 heteroatoms. The minimum Gasteiger partial charge on any atom is -0.486 e. The molecule has 0 bridgehead atoms. The third-order valence-electron chi connectivity index (χ3n) is 9.97. The van der Waals surface area contributed by atoms with Crippen molar-refractivity contribution in [2.24, 2.45) is 28.6 Å². The van der Waals surface area contributed by atoms with Crippen molar-refractivity contribution in [3.63, 3.8) is 0 Å². The zero-order chi connectivity index (χ0) is 25.5. The van der Waals surface area contributed by atoms with Crippen LogP contribution in [-0.4, -0.2) is 47.9 Å². The first-order valence-corrected chi connectivity index (χ1v) is 12.7. The maximum Gasteiger partial charge on any atom is 0.205 e. The maximum absolute atomic E-state index is 13.9. The molecule has 0 spiro atoms. The van der Waals surface area contributed by atoms with Gasteiger partial charge in [0, 0.05) is 22.8 Å². The van der Waals surface area contributed by atoms with Crippen LogP contribution in [0.25, 0.3) is 0 Å². The number of rotatable bonds is 4. The minimum absolute atomic E-state index is 0.00112. The van der Waals surface area contributed by atoms with Gasteiger partial charge in [-0.05, 0) is 61.8 Å². The first kappa shape index (κ1) is 23.8. The molecular formula is C28H32FNO6. The molecule has 4 aliphatic carbocycles. The fourth-order valence-electron chi connectivity index (χ4n) is 8.38. The Labute approximate surface area is 209 Å². The van der Waals surface area contributed by atoms with Gasteiger partial charge in [-0.15, -0.1) is 0 Å². The van der Waals surface area contributed by atoms with Crippen LogP contribution in [0.1, 0.15) is 39.5 Å². The van der Waals surface area contributed by atoms with Crippen molar-refractivity contribution in [1.29, 1.82) is 0 Å². The van der Waals surface area contributed by atoms with E-state index in [0.717, 1.165) is 24.5 Å². The average molecular weight is 498 g/mol. The lowest BCUT2D eigenvalue weighted by molar-refractivity contribution is -0.185. The lowest BCUT2D eigenvalue weighted by atomic mass is 9.46. The van der Waals surface area contributed by atoms with Gasteiger partial charge in [-0.1, -0.05) is 25.5 Å². The Morgan fingerprint density at radius 3 is 2.92 bits per heavy atom. The van der Waals surface area contributed by atoms with Crippen molar-refractivity contribution >= 4 is 17.3 Å². The molecule has 1 aliphatic heterocycles. The van der Waals surface area contributed by atoms with E-state index in [4.69, 9.17) is 19.9 Å². The van der Waals surface area contributed by atoms with Crippen molar-refractivity contribution in [3.05, 3.63) is 47.8 Å². The Hall–Kier alpha value is -2.55. The van der Waals surface area contributed by atoms with Crippen LogP contribution in [0.2, 0.25) is 0 Å². The summed E-state index contributed by atoms with van der Waals surface area (Å²) in [5.74, 6) is -0.471. The normalized spacial score (nSPS) is 42.7. The van der Waals surface area contributed by atoms with Gasteiger partial charge in [-0.2, -0.15) is 0 Å². The number of allylic oxidation sites excluding steroid dienone is 4. The molecule has 7 nitrogen and oxygen atoms in total. The smallest absolute Gasteiger partial charge is 0.205 e. The van der Waals surface area contributed by atoms with Crippen LogP contribution in [0.4, 0.5) is 10.1 Å². The molecule has 3 saturated carbocycles. The van der Waals surface area contributed by atoms with E-state index in [1.165, 1.54) is 12.1 Å². The number of aliphatic hydroxyl groups is 1. The number of carbonyl (C=O) groups excluding carboxylic acids is 2. The quantitative estimate of drug-likeness (QED) is 0.614. The largest absolute Gasteiger partial charge is 0.486 e. The monoisotopic (exact) mass is 497 g/mol. The third kappa shape index (κ3) is 3.07. The fraction of sp³-hybridized carbons (Fsp3) is 0.571. The number of aliphatic hydroxyl groups excluding tert-OH is 1. The molecule has 3 N–H and O–H groups in total. The van der Waals surface area contributed by atoms with Gasteiger partial charge in [-0.25, -0.2) is 4.39 Å². The molecule has 0 amide bonds. The fourth-order valence-corrected chi connectivity index (χ4v) is 8.38. The second-order valence-electron chi connectivity index (χ2n) is 11.5. The van der Waals surface area contributed by atoms with Gasteiger partial charge in [-0.3, -0.25) is 9.59 Å². The first-order valence-electron chi connectivity index (χ1n) is 12.7. The molecule has 1 aromatic carbocycles. The van der Waals surface area contributed by atoms with Crippen molar-refractivity contribution < 1.29 is 33.3 Å². The highest BCUT2D eigenvalue weighted by Gasteiger charge is 2.74. The number of ketones is 2. The van der Waals surface area contributed by atoms with Gasteiger partial charge in [0.25, 0.3) is 0 Å². The average Bonchev–Trinajstić information content (AvgIpc) is 3.37. The van der Waals surface area contributed by atoms with E-state index in [1.807, 2.05) is 13.0 Å². The summed E-state index contributed by atoms with van der Waals surface area (Å²) in [6.07, 6.45) is 6.86. The molecule has 8 atom stereocenters. The summed E-state index contributed by atoms with van der Waals surface area (Å²) < 4.78 is 31.7. The van der Waals surface area contributed by atoms with Gasteiger partial charge in [0.2, 0.25) is 5.78 Å². The van der Waals surface area contributed by atoms with E-state index in [9.17, 15) is 19.1 Å². The number of nitrogens with two attached hydrogens (primary N) is 1. The highest BCUT2D eigenvalue weighted by Crippen LogP contribution is 2.69. The van der Waals surface area contributed by atoms with E-state index >= 15 is 0 Å². The van der Waals surface area contributed by atoms with Crippen LogP contribution in [0.3, 0.4) is 0 Å². The Kier molecular flexibility index (Phi) is 5.28. The molecule has 8 unspecified atom stereocenters. The summed E-state index contributed by atoms with van der Waals surface area (Å²) in [6.45, 7) is 3.87.